The van der Waals surface area contributed by atoms with Crippen molar-refractivity contribution in [1.29, 1.82) is 0 Å². The van der Waals surface area contributed by atoms with Crippen LogP contribution >= 0.6 is 0 Å². The fourth-order valence-corrected chi connectivity index (χ4v) is 2.41. The van der Waals surface area contributed by atoms with Crippen LogP contribution in [0.25, 0.3) is 11.4 Å². The number of hydrogen-bond donors (Lipinski definition) is 3. The topological polar surface area (TPSA) is 99.8 Å². The van der Waals surface area contributed by atoms with E-state index >= 15 is 0 Å². The van der Waals surface area contributed by atoms with Crippen LogP contribution in [0.4, 0.5) is 5.69 Å². The van der Waals surface area contributed by atoms with Gasteiger partial charge in [0.1, 0.15) is 5.82 Å². The third kappa shape index (κ3) is 3.74. The average molecular weight is 313 g/mol. The zero-order valence-electron chi connectivity index (χ0n) is 12.9. The van der Waals surface area contributed by atoms with Gasteiger partial charge in [0.25, 0.3) is 0 Å². The maximum absolute atomic E-state index is 11.9. The lowest BCUT2D eigenvalue weighted by Gasteiger charge is -2.25. The number of carbonyl (C=O) groups excluding carboxylic acids is 2. The molecule has 1 heterocycles. The Morgan fingerprint density at radius 1 is 1.30 bits per heavy atom. The van der Waals surface area contributed by atoms with E-state index in [-0.39, 0.29) is 0 Å². The lowest BCUT2D eigenvalue weighted by Crippen LogP contribution is -2.39. The average Bonchev–Trinajstić information content (AvgIpc) is 2.92. The molecule has 1 aliphatic carbocycles. The number of amides is 2. The highest BCUT2D eigenvalue weighted by molar-refractivity contribution is 6.39. The molecule has 1 aliphatic rings. The van der Waals surface area contributed by atoms with Crippen molar-refractivity contribution in [2.24, 2.45) is 5.92 Å². The predicted octanol–water partition coefficient (Wildman–Crippen LogP) is 1.63. The monoisotopic (exact) mass is 313 g/mol. The largest absolute Gasteiger partial charge is 0.348 e. The first-order valence-corrected chi connectivity index (χ1v) is 7.70. The molecule has 7 nitrogen and oxygen atoms in total. The van der Waals surface area contributed by atoms with Crippen molar-refractivity contribution in [3.8, 4) is 11.4 Å². The van der Waals surface area contributed by atoms with E-state index in [1.165, 1.54) is 6.42 Å². The molecule has 23 heavy (non-hydrogen) atoms. The molecule has 2 aromatic rings. The third-order valence-corrected chi connectivity index (χ3v) is 3.96. The van der Waals surface area contributed by atoms with Gasteiger partial charge in [0, 0.05) is 17.8 Å². The molecule has 3 rings (SSSR count). The molecule has 0 radical (unpaired) electrons. The second-order valence-electron chi connectivity index (χ2n) is 5.79. The lowest BCUT2D eigenvalue weighted by molar-refractivity contribution is -0.136. The van der Waals surface area contributed by atoms with Gasteiger partial charge in [-0.2, -0.15) is 5.10 Å². The Bertz CT molecular complexity index is 721. The number of aromatic amines is 1. The highest BCUT2D eigenvalue weighted by Gasteiger charge is 2.20. The number of nitrogens with one attached hydrogen (secondary N) is 3. The minimum Gasteiger partial charge on any atom is -0.348 e. The molecule has 1 fully saturated rings. The number of hydrogen-bond acceptors (Lipinski definition) is 4. The molecule has 0 bridgehead atoms. The zero-order chi connectivity index (χ0) is 16.2. The summed E-state index contributed by atoms with van der Waals surface area (Å²) >= 11 is 0. The van der Waals surface area contributed by atoms with Gasteiger partial charge in [-0.15, -0.1) is 0 Å². The van der Waals surface area contributed by atoms with Crippen molar-refractivity contribution >= 4 is 17.5 Å². The van der Waals surface area contributed by atoms with Crippen LogP contribution in [0.15, 0.2) is 24.3 Å². The normalized spacial score (nSPS) is 14.1. The van der Waals surface area contributed by atoms with E-state index < -0.39 is 11.8 Å². The first-order chi connectivity index (χ1) is 11.1. The fourth-order valence-electron chi connectivity index (χ4n) is 2.41. The summed E-state index contributed by atoms with van der Waals surface area (Å²) in [5.74, 6) is 0.519. The lowest BCUT2D eigenvalue weighted by atomic mass is 9.85. The van der Waals surface area contributed by atoms with Gasteiger partial charge >= 0.3 is 11.8 Å². The van der Waals surface area contributed by atoms with Crippen molar-refractivity contribution in [2.75, 3.05) is 11.9 Å². The summed E-state index contributed by atoms with van der Waals surface area (Å²) in [6.07, 6.45) is 3.46. The van der Waals surface area contributed by atoms with Crippen LogP contribution in [0.5, 0.6) is 0 Å². The van der Waals surface area contributed by atoms with E-state index in [1.54, 1.807) is 18.2 Å². The maximum atomic E-state index is 11.9. The third-order valence-electron chi connectivity index (χ3n) is 3.96. The summed E-state index contributed by atoms with van der Waals surface area (Å²) in [5, 5.41) is 12.1. The number of anilines is 1. The number of nitrogens with zero attached hydrogens (tertiary/aromatic N) is 2. The molecule has 0 aliphatic heterocycles. The molecule has 0 unspecified atom stereocenters. The summed E-state index contributed by atoms with van der Waals surface area (Å²) in [4.78, 5) is 28.0. The van der Waals surface area contributed by atoms with Crippen LogP contribution in [-0.4, -0.2) is 33.5 Å². The SMILES string of the molecule is Cc1nc(-c2cccc(NC(=O)C(=O)NCC3CCC3)c2)n[nH]1. The Balaban J connectivity index is 1.60. The number of H-pyrrole nitrogens is 1. The minimum atomic E-state index is -0.660. The molecule has 120 valence electrons. The maximum Gasteiger partial charge on any atom is 0.313 e. The van der Waals surface area contributed by atoms with Crippen molar-refractivity contribution in [3.63, 3.8) is 0 Å². The fraction of sp³-hybridized carbons (Fsp3) is 0.375. The van der Waals surface area contributed by atoms with Crippen molar-refractivity contribution < 1.29 is 9.59 Å². The van der Waals surface area contributed by atoms with E-state index in [1.807, 2.05) is 13.0 Å². The van der Waals surface area contributed by atoms with Crippen LogP contribution in [0.2, 0.25) is 0 Å². The zero-order valence-corrected chi connectivity index (χ0v) is 12.9. The molecule has 1 aromatic carbocycles. The molecule has 0 saturated heterocycles. The first kappa shape index (κ1) is 15.2. The highest BCUT2D eigenvalue weighted by Crippen LogP contribution is 2.25. The van der Waals surface area contributed by atoms with Gasteiger partial charge in [-0.05, 0) is 37.8 Å². The van der Waals surface area contributed by atoms with E-state index in [0.29, 0.717) is 29.8 Å². The Hall–Kier alpha value is -2.70. The van der Waals surface area contributed by atoms with E-state index in [9.17, 15) is 9.59 Å². The Kier molecular flexibility index (Phi) is 4.36. The summed E-state index contributed by atoms with van der Waals surface area (Å²) in [5.41, 5.74) is 1.30. The smallest absolute Gasteiger partial charge is 0.313 e. The van der Waals surface area contributed by atoms with Crippen molar-refractivity contribution in [3.05, 3.63) is 30.1 Å². The first-order valence-electron chi connectivity index (χ1n) is 7.70. The van der Waals surface area contributed by atoms with Crippen molar-refractivity contribution in [1.82, 2.24) is 20.5 Å². The van der Waals surface area contributed by atoms with Crippen LogP contribution in [0.3, 0.4) is 0 Å². The molecular formula is C16H19N5O2. The molecular weight excluding hydrogens is 294 g/mol. The van der Waals surface area contributed by atoms with Gasteiger partial charge in [0.15, 0.2) is 5.82 Å². The van der Waals surface area contributed by atoms with E-state index in [0.717, 1.165) is 18.4 Å². The Morgan fingerprint density at radius 3 is 2.78 bits per heavy atom. The molecule has 2 amide bonds. The summed E-state index contributed by atoms with van der Waals surface area (Å²) in [6, 6.07) is 7.08. The summed E-state index contributed by atoms with van der Waals surface area (Å²) in [7, 11) is 0. The molecule has 1 saturated carbocycles. The molecule has 7 heteroatoms. The second-order valence-corrected chi connectivity index (χ2v) is 5.79. The quantitative estimate of drug-likeness (QED) is 0.747. The number of rotatable bonds is 4. The van der Waals surface area contributed by atoms with Gasteiger partial charge in [0.05, 0.1) is 0 Å². The number of carbonyl (C=O) groups is 2. The van der Waals surface area contributed by atoms with Crippen LogP contribution in [0, 0.1) is 12.8 Å². The Labute approximate surface area is 133 Å². The van der Waals surface area contributed by atoms with Gasteiger partial charge in [0.2, 0.25) is 0 Å². The minimum absolute atomic E-state index is 0.518. The molecule has 0 spiro atoms. The van der Waals surface area contributed by atoms with Gasteiger partial charge in [-0.25, -0.2) is 4.98 Å². The summed E-state index contributed by atoms with van der Waals surface area (Å²) in [6.45, 7) is 2.39. The van der Waals surface area contributed by atoms with Crippen LogP contribution in [-0.2, 0) is 9.59 Å². The number of aryl methyl sites for hydroxylation is 1. The predicted molar refractivity (Wildman–Crippen MR) is 85.5 cm³/mol. The number of benzene rings is 1. The van der Waals surface area contributed by atoms with E-state index in [2.05, 4.69) is 25.8 Å². The molecule has 1 aromatic heterocycles. The van der Waals surface area contributed by atoms with Gasteiger partial charge < -0.3 is 10.6 Å². The van der Waals surface area contributed by atoms with Crippen LogP contribution in [0.1, 0.15) is 25.1 Å². The standard InChI is InChI=1S/C16H19N5O2/c1-10-18-14(21-20-10)12-6-3-7-13(8-12)19-16(23)15(22)17-9-11-4-2-5-11/h3,6-8,11H,2,4-5,9H2,1H3,(H,17,22)(H,19,23)(H,18,20,21). The summed E-state index contributed by atoms with van der Waals surface area (Å²) < 4.78 is 0. The highest BCUT2D eigenvalue weighted by atomic mass is 16.2. The molecule has 3 N–H and O–H groups in total. The van der Waals surface area contributed by atoms with Gasteiger partial charge in [-0.1, -0.05) is 18.6 Å². The van der Waals surface area contributed by atoms with Crippen LogP contribution < -0.4 is 10.6 Å². The van der Waals surface area contributed by atoms with E-state index in [4.69, 9.17) is 0 Å². The second kappa shape index (κ2) is 6.60. The van der Waals surface area contributed by atoms with Gasteiger partial charge in [-0.3, -0.25) is 14.7 Å². The number of aromatic nitrogens is 3. The Morgan fingerprint density at radius 2 is 2.13 bits per heavy atom. The molecule has 0 atom stereocenters. The van der Waals surface area contributed by atoms with Crippen molar-refractivity contribution in [2.45, 2.75) is 26.2 Å².